The van der Waals surface area contributed by atoms with Crippen molar-refractivity contribution in [2.75, 3.05) is 0 Å². The SMILES string of the molecule is C[C@H](c1ccccc1)n1cc(C(=O)NC2=CCC(=O)C(C3=Cc4ccccc4C3)=C2)cn1. The Morgan fingerprint density at radius 1 is 1.06 bits per heavy atom. The molecule has 5 rings (SSSR count). The van der Waals surface area contributed by atoms with Crippen molar-refractivity contribution in [1.29, 1.82) is 0 Å². The van der Waals surface area contributed by atoms with Gasteiger partial charge in [0.15, 0.2) is 5.78 Å². The van der Waals surface area contributed by atoms with Crippen LogP contribution in [0.2, 0.25) is 0 Å². The molecule has 2 aliphatic carbocycles. The van der Waals surface area contributed by atoms with Crippen LogP contribution in [0.4, 0.5) is 0 Å². The Bertz CT molecular complexity index is 1300. The number of hydrogen-bond donors (Lipinski definition) is 1. The molecular weight excluding hydrogens is 398 g/mol. The first kappa shape index (κ1) is 19.9. The van der Waals surface area contributed by atoms with Crippen LogP contribution in [0.15, 0.2) is 96.0 Å². The summed E-state index contributed by atoms with van der Waals surface area (Å²) in [6.07, 6.45) is 9.96. The Balaban J connectivity index is 1.31. The molecule has 0 fully saturated rings. The second-order valence-electron chi connectivity index (χ2n) is 8.14. The van der Waals surface area contributed by atoms with Crippen molar-refractivity contribution in [3.05, 3.63) is 118 Å². The first-order valence-corrected chi connectivity index (χ1v) is 10.7. The average Bonchev–Trinajstić information content (AvgIpc) is 3.48. The van der Waals surface area contributed by atoms with Crippen LogP contribution >= 0.6 is 0 Å². The van der Waals surface area contributed by atoms with Gasteiger partial charge in [-0.15, -0.1) is 0 Å². The average molecular weight is 422 g/mol. The Kier molecular flexibility index (Phi) is 5.15. The van der Waals surface area contributed by atoms with E-state index in [2.05, 4.69) is 28.6 Å². The van der Waals surface area contributed by atoms with E-state index in [-0.39, 0.29) is 24.2 Å². The Morgan fingerprint density at radius 3 is 2.66 bits per heavy atom. The van der Waals surface area contributed by atoms with Crippen LogP contribution < -0.4 is 5.32 Å². The number of ketones is 1. The van der Waals surface area contributed by atoms with Crippen molar-refractivity contribution in [2.24, 2.45) is 0 Å². The van der Waals surface area contributed by atoms with Crippen molar-refractivity contribution < 1.29 is 9.59 Å². The topological polar surface area (TPSA) is 64.0 Å². The molecule has 1 heterocycles. The molecule has 2 aliphatic rings. The van der Waals surface area contributed by atoms with E-state index in [1.807, 2.05) is 49.4 Å². The second-order valence-corrected chi connectivity index (χ2v) is 8.14. The Morgan fingerprint density at radius 2 is 1.84 bits per heavy atom. The van der Waals surface area contributed by atoms with E-state index in [0.29, 0.717) is 16.8 Å². The molecule has 0 saturated carbocycles. The summed E-state index contributed by atoms with van der Waals surface area (Å²) in [5.41, 5.74) is 6.29. The molecule has 1 amide bonds. The summed E-state index contributed by atoms with van der Waals surface area (Å²) in [5.74, 6) is -0.164. The van der Waals surface area contributed by atoms with Gasteiger partial charge in [-0.05, 0) is 41.7 Å². The summed E-state index contributed by atoms with van der Waals surface area (Å²) in [7, 11) is 0. The molecule has 1 N–H and O–H groups in total. The number of hydrogen-bond acceptors (Lipinski definition) is 3. The minimum atomic E-state index is -0.239. The van der Waals surface area contributed by atoms with Gasteiger partial charge in [0.25, 0.3) is 5.91 Å². The lowest BCUT2D eigenvalue weighted by atomic mass is 9.93. The van der Waals surface area contributed by atoms with E-state index in [4.69, 9.17) is 0 Å². The van der Waals surface area contributed by atoms with E-state index in [0.717, 1.165) is 23.1 Å². The molecule has 0 unspecified atom stereocenters. The number of nitrogens with zero attached hydrogens (tertiary/aromatic N) is 2. The molecule has 3 aromatic rings. The molecule has 2 aromatic carbocycles. The number of allylic oxidation sites excluding steroid dienone is 4. The smallest absolute Gasteiger partial charge is 0.258 e. The zero-order chi connectivity index (χ0) is 22.1. The van der Waals surface area contributed by atoms with Crippen LogP contribution in [0, 0.1) is 0 Å². The zero-order valence-corrected chi connectivity index (χ0v) is 17.8. The van der Waals surface area contributed by atoms with E-state index in [1.54, 1.807) is 29.2 Å². The molecule has 5 heteroatoms. The van der Waals surface area contributed by atoms with Gasteiger partial charge in [-0.1, -0.05) is 66.7 Å². The standard InChI is InChI=1S/C27H23N3O2/c1-18(19-7-3-2-4-8-19)30-17-23(16-28-30)27(32)29-24-11-12-26(31)25(15-24)22-13-20-9-5-6-10-21(20)14-22/h2-11,13,15-18H,12,14H2,1H3,(H,29,32)/t18-/m1/s1. The fourth-order valence-corrected chi connectivity index (χ4v) is 4.17. The molecule has 0 bridgehead atoms. The van der Waals surface area contributed by atoms with Gasteiger partial charge in [0.1, 0.15) is 0 Å². The molecule has 0 aliphatic heterocycles. The minimum Gasteiger partial charge on any atom is -0.322 e. The summed E-state index contributed by atoms with van der Waals surface area (Å²) < 4.78 is 1.78. The maximum atomic E-state index is 12.8. The number of Topliss-reactive ketones (excluding diaryl/α,β-unsaturated/α-hetero) is 1. The van der Waals surface area contributed by atoms with Crippen LogP contribution in [-0.2, 0) is 11.2 Å². The normalized spacial score (nSPS) is 16.0. The van der Waals surface area contributed by atoms with Crippen molar-refractivity contribution in [1.82, 2.24) is 15.1 Å². The molecule has 5 nitrogen and oxygen atoms in total. The Labute approximate surface area is 186 Å². The summed E-state index contributed by atoms with van der Waals surface area (Å²) in [6.45, 7) is 2.04. The summed E-state index contributed by atoms with van der Waals surface area (Å²) in [6, 6.07) is 18.2. The maximum Gasteiger partial charge on any atom is 0.258 e. The van der Waals surface area contributed by atoms with Gasteiger partial charge in [0, 0.05) is 23.9 Å². The van der Waals surface area contributed by atoms with E-state index in [1.165, 1.54) is 5.56 Å². The summed E-state index contributed by atoms with van der Waals surface area (Å²) >= 11 is 0. The van der Waals surface area contributed by atoms with Crippen LogP contribution in [0.5, 0.6) is 0 Å². The lowest BCUT2D eigenvalue weighted by Gasteiger charge is -2.15. The van der Waals surface area contributed by atoms with Crippen LogP contribution in [0.25, 0.3) is 6.08 Å². The molecule has 1 aromatic heterocycles. The molecule has 32 heavy (non-hydrogen) atoms. The predicted octanol–water partition coefficient (Wildman–Crippen LogP) is 4.65. The number of amides is 1. The van der Waals surface area contributed by atoms with Crippen molar-refractivity contribution in [3.8, 4) is 0 Å². The van der Waals surface area contributed by atoms with Gasteiger partial charge in [-0.3, -0.25) is 14.3 Å². The van der Waals surface area contributed by atoms with Crippen molar-refractivity contribution in [2.45, 2.75) is 25.8 Å². The number of rotatable bonds is 5. The lowest BCUT2D eigenvalue weighted by Crippen LogP contribution is -2.24. The lowest BCUT2D eigenvalue weighted by molar-refractivity contribution is -0.114. The number of carbonyl (C=O) groups is 2. The Hall–Kier alpha value is -3.99. The molecule has 0 spiro atoms. The third kappa shape index (κ3) is 3.85. The fourth-order valence-electron chi connectivity index (χ4n) is 4.17. The van der Waals surface area contributed by atoms with Crippen molar-refractivity contribution in [3.63, 3.8) is 0 Å². The first-order valence-electron chi connectivity index (χ1n) is 10.7. The van der Waals surface area contributed by atoms with Gasteiger partial charge < -0.3 is 5.32 Å². The highest BCUT2D eigenvalue weighted by atomic mass is 16.1. The van der Waals surface area contributed by atoms with Crippen LogP contribution in [-0.4, -0.2) is 21.5 Å². The van der Waals surface area contributed by atoms with Crippen molar-refractivity contribution >= 4 is 17.8 Å². The first-order chi connectivity index (χ1) is 15.6. The highest BCUT2D eigenvalue weighted by Gasteiger charge is 2.23. The number of benzene rings is 2. The fraction of sp³-hybridized carbons (Fsp3) is 0.148. The highest BCUT2D eigenvalue weighted by molar-refractivity contribution is 6.04. The minimum absolute atomic E-state index is 0.0201. The summed E-state index contributed by atoms with van der Waals surface area (Å²) in [4.78, 5) is 25.4. The molecule has 0 radical (unpaired) electrons. The van der Waals surface area contributed by atoms with Gasteiger partial charge in [0.05, 0.1) is 17.8 Å². The third-order valence-corrected chi connectivity index (χ3v) is 6.02. The zero-order valence-electron chi connectivity index (χ0n) is 17.8. The number of fused-ring (bicyclic) bond motifs is 1. The molecule has 1 atom stereocenters. The molecule has 158 valence electrons. The van der Waals surface area contributed by atoms with E-state index < -0.39 is 0 Å². The number of carbonyl (C=O) groups excluding carboxylic acids is 2. The van der Waals surface area contributed by atoms with E-state index >= 15 is 0 Å². The van der Waals surface area contributed by atoms with Crippen LogP contribution in [0.1, 0.15) is 46.4 Å². The highest BCUT2D eigenvalue weighted by Crippen LogP contribution is 2.32. The maximum absolute atomic E-state index is 12.8. The predicted molar refractivity (Wildman–Crippen MR) is 124 cm³/mol. The van der Waals surface area contributed by atoms with Gasteiger partial charge in [-0.25, -0.2) is 0 Å². The summed E-state index contributed by atoms with van der Waals surface area (Å²) in [5, 5.41) is 7.31. The van der Waals surface area contributed by atoms with Gasteiger partial charge >= 0.3 is 0 Å². The third-order valence-electron chi connectivity index (χ3n) is 6.02. The number of aromatic nitrogens is 2. The molecule has 0 saturated heterocycles. The van der Waals surface area contributed by atoms with Gasteiger partial charge in [0.2, 0.25) is 0 Å². The number of nitrogens with one attached hydrogen (secondary N) is 1. The quantitative estimate of drug-likeness (QED) is 0.653. The molecular formula is C27H23N3O2. The van der Waals surface area contributed by atoms with E-state index in [9.17, 15) is 9.59 Å². The van der Waals surface area contributed by atoms with Crippen LogP contribution in [0.3, 0.4) is 0 Å². The second kappa shape index (κ2) is 8.27. The van der Waals surface area contributed by atoms with Gasteiger partial charge in [-0.2, -0.15) is 5.10 Å². The monoisotopic (exact) mass is 421 g/mol. The largest absolute Gasteiger partial charge is 0.322 e.